The molecule has 1 heterocycles. The fraction of sp³-hybridized carbons (Fsp3) is 1.00. The number of hydrogen-bond acceptors (Lipinski definition) is 4. The number of ether oxygens (including phenoxy) is 1. The smallest absolute Gasteiger partial charge is 0.158 e. The highest BCUT2D eigenvalue weighted by molar-refractivity contribution is 5.00. The Hall–Kier alpha value is -0.160. The lowest BCUT2D eigenvalue weighted by molar-refractivity contribution is -0.225. The predicted octanol–water partition coefficient (Wildman–Crippen LogP) is -0.246. The van der Waals surface area contributed by atoms with Crippen LogP contribution in [0.4, 0.5) is 0 Å². The molecule has 0 unspecified atom stereocenters. The van der Waals surface area contributed by atoms with Crippen LogP contribution in [0.1, 0.15) is 27.2 Å². The van der Waals surface area contributed by atoms with E-state index in [-0.39, 0.29) is 5.41 Å². The molecule has 4 nitrogen and oxygen atoms in total. The first-order valence-corrected chi connectivity index (χ1v) is 4.15. The molecule has 0 amide bonds. The first kappa shape index (κ1) is 9.92. The second-order valence-corrected chi connectivity index (χ2v) is 4.35. The van der Waals surface area contributed by atoms with Crippen LogP contribution in [0.3, 0.4) is 0 Å². The lowest BCUT2D eigenvalue weighted by Crippen LogP contribution is -2.64. The molecule has 0 spiro atoms. The highest BCUT2D eigenvalue weighted by Crippen LogP contribution is 2.39. The van der Waals surface area contributed by atoms with Gasteiger partial charge in [0.05, 0.1) is 0 Å². The van der Waals surface area contributed by atoms with Crippen LogP contribution in [0.2, 0.25) is 0 Å². The van der Waals surface area contributed by atoms with Gasteiger partial charge in [-0.2, -0.15) is 0 Å². The maximum atomic E-state index is 9.27. The van der Waals surface area contributed by atoms with Crippen LogP contribution in [0.15, 0.2) is 0 Å². The number of rotatable bonds is 0. The van der Waals surface area contributed by atoms with Crippen molar-refractivity contribution in [2.24, 2.45) is 16.9 Å². The fourth-order valence-electron chi connectivity index (χ4n) is 1.34. The van der Waals surface area contributed by atoms with E-state index >= 15 is 0 Å². The summed E-state index contributed by atoms with van der Waals surface area (Å²) in [5.41, 5.74) is 10.9. The van der Waals surface area contributed by atoms with Crippen molar-refractivity contribution in [3.8, 4) is 0 Å². The average Bonchev–Trinajstić information content (AvgIpc) is 1.82. The Labute approximate surface area is 72.9 Å². The van der Waals surface area contributed by atoms with Crippen molar-refractivity contribution in [2.45, 2.75) is 45.2 Å². The molecule has 1 saturated heterocycles. The average molecular weight is 174 g/mol. The second kappa shape index (κ2) is 2.67. The van der Waals surface area contributed by atoms with Gasteiger partial charge in [0.1, 0.15) is 6.23 Å². The summed E-state index contributed by atoms with van der Waals surface area (Å²) in [5, 5.41) is 9.27. The minimum atomic E-state index is -0.831. The Bertz CT molecular complexity index is 180. The summed E-state index contributed by atoms with van der Waals surface area (Å²) in [6.45, 7) is 5.78. The molecule has 0 radical (unpaired) electrons. The Balaban J connectivity index is 2.86. The molecule has 1 rings (SSSR count). The summed E-state index contributed by atoms with van der Waals surface area (Å²) in [6.07, 6.45) is -0.910. The maximum Gasteiger partial charge on any atom is 0.158 e. The molecule has 1 aliphatic rings. The lowest BCUT2D eigenvalue weighted by Gasteiger charge is -2.50. The molecule has 5 N–H and O–H groups in total. The normalized spacial score (nSPS) is 47.5. The van der Waals surface area contributed by atoms with Crippen LogP contribution in [0, 0.1) is 5.41 Å². The molecule has 0 aliphatic carbocycles. The molecule has 0 aromatic heterocycles. The van der Waals surface area contributed by atoms with Gasteiger partial charge in [-0.3, -0.25) is 0 Å². The molecule has 3 atom stereocenters. The first-order valence-electron chi connectivity index (χ1n) is 4.15. The standard InChI is InChI=1S/C8H18N2O2/c1-7(2)6(9)12-5(11)4-8(7,3)10/h5-6,11H,4,9-10H2,1-3H3/t5-,6-,8-/m1/s1. The number of aliphatic hydroxyl groups is 1. The topological polar surface area (TPSA) is 81.5 Å². The second-order valence-electron chi connectivity index (χ2n) is 4.35. The van der Waals surface area contributed by atoms with E-state index in [1.807, 2.05) is 20.8 Å². The van der Waals surface area contributed by atoms with E-state index in [2.05, 4.69) is 0 Å². The van der Waals surface area contributed by atoms with E-state index in [1.54, 1.807) is 0 Å². The summed E-state index contributed by atoms with van der Waals surface area (Å²) in [5.74, 6) is 0. The Morgan fingerprint density at radius 3 is 2.33 bits per heavy atom. The van der Waals surface area contributed by atoms with Gasteiger partial charge in [0, 0.05) is 17.4 Å². The SMILES string of the molecule is CC1(C)[C@H](N)O[C@@H](O)C[C@@]1(C)N. The highest BCUT2D eigenvalue weighted by atomic mass is 16.6. The summed E-state index contributed by atoms with van der Waals surface area (Å²) in [4.78, 5) is 0. The van der Waals surface area contributed by atoms with E-state index in [0.29, 0.717) is 6.42 Å². The van der Waals surface area contributed by atoms with Crippen LogP contribution in [0.5, 0.6) is 0 Å². The van der Waals surface area contributed by atoms with Crippen molar-refractivity contribution >= 4 is 0 Å². The van der Waals surface area contributed by atoms with Gasteiger partial charge < -0.3 is 21.3 Å². The van der Waals surface area contributed by atoms with Gasteiger partial charge in [-0.25, -0.2) is 0 Å². The Kier molecular flexibility index (Phi) is 2.21. The zero-order valence-corrected chi connectivity index (χ0v) is 7.87. The lowest BCUT2D eigenvalue weighted by atomic mass is 9.69. The van der Waals surface area contributed by atoms with Gasteiger partial charge >= 0.3 is 0 Å². The van der Waals surface area contributed by atoms with Crippen LogP contribution in [0.25, 0.3) is 0 Å². The van der Waals surface area contributed by atoms with Crippen LogP contribution >= 0.6 is 0 Å². The van der Waals surface area contributed by atoms with Gasteiger partial charge in [0.15, 0.2) is 6.29 Å². The van der Waals surface area contributed by atoms with Crippen molar-refractivity contribution in [3.05, 3.63) is 0 Å². The van der Waals surface area contributed by atoms with Crippen molar-refractivity contribution in [1.82, 2.24) is 0 Å². The molecule has 1 aliphatic heterocycles. The van der Waals surface area contributed by atoms with E-state index in [9.17, 15) is 5.11 Å². The molecular weight excluding hydrogens is 156 g/mol. The van der Waals surface area contributed by atoms with Gasteiger partial charge in [0.2, 0.25) is 0 Å². The highest BCUT2D eigenvalue weighted by Gasteiger charge is 2.48. The third kappa shape index (κ3) is 1.35. The van der Waals surface area contributed by atoms with E-state index in [4.69, 9.17) is 16.2 Å². The summed E-state index contributed by atoms with van der Waals surface area (Å²) in [6, 6.07) is 0. The summed E-state index contributed by atoms with van der Waals surface area (Å²) >= 11 is 0. The molecule has 0 bridgehead atoms. The molecule has 12 heavy (non-hydrogen) atoms. The number of nitrogens with two attached hydrogens (primary N) is 2. The van der Waals surface area contributed by atoms with Crippen LogP contribution < -0.4 is 11.5 Å². The number of hydrogen-bond donors (Lipinski definition) is 3. The maximum absolute atomic E-state index is 9.27. The molecule has 0 aromatic carbocycles. The molecule has 0 aromatic rings. The first-order chi connectivity index (χ1) is 5.27. The zero-order chi connectivity index (χ0) is 9.57. The van der Waals surface area contributed by atoms with Gasteiger partial charge in [-0.05, 0) is 6.92 Å². The Morgan fingerprint density at radius 2 is 1.92 bits per heavy atom. The van der Waals surface area contributed by atoms with Crippen LogP contribution in [-0.2, 0) is 4.74 Å². The van der Waals surface area contributed by atoms with Crippen molar-refractivity contribution in [1.29, 1.82) is 0 Å². The largest absolute Gasteiger partial charge is 0.368 e. The van der Waals surface area contributed by atoms with Crippen molar-refractivity contribution in [2.75, 3.05) is 0 Å². The predicted molar refractivity (Wildman–Crippen MR) is 46.1 cm³/mol. The zero-order valence-electron chi connectivity index (χ0n) is 7.87. The Morgan fingerprint density at radius 1 is 1.42 bits per heavy atom. The number of aliphatic hydroxyl groups excluding tert-OH is 1. The van der Waals surface area contributed by atoms with Crippen molar-refractivity contribution < 1.29 is 9.84 Å². The van der Waals surface area contributed by atoms with E-state index in [0.717, 1.165) is 0 Å². The minimum absolute atomic E-state index is 0.313. The quantitative estimate of drug-likeness (QED) is 0.473. The molecular formula is C8H18N2O2. The fourth-order valence-corrected chi connectivity index (χ4v) is 1.34. The summed E-state index contributed by atoms with van der Waals surface area (Å²) < 4.78 is 5.09. The van der Waals surface area contributed by atoms with Gasteiger partial charge in [-0.1, -0.05) is 13.8 Å². The third-order valence-corrected chi connectivity index (χ3v) is 3.09. The minimum Gasteiger partial charge on any atom is -0.368 e. The molecule has 0 saturated carbocycles. The molecule has 4 heteroatoms. The van der Waals surface area contributed by atoms with Crippen LogP contribution in [-0.4, -0.2) is 23.2 Å². The summed E-state index contributed by atoms with van der Waals surface area (Å²) in [7, 11) is 0. The van der Waals surface area contributed by atoms with Crippen molar-refractivity contribution in [3.63, 3.8) is 0 Å². The van der Waals surface area contributed by atoms with Gasteiger partial charge in [0.25, 0.3) is 0 Å². The molecule has 72 valence electrons. The van der Waals surface area contributed by atoms with E-state index in [1.165, 1.54) is 0 Å². The third-order valence-electron chi connectivity index (χ3n) is 3.09. The monoisotopic (exact) mass is 174 g/mol. The molecule has 1 fully saturated rings. The van der Waals surface area contributed by atoms with Gasteiger partial charge in [-0.15, -0.1) is 0 Å². The van der Waals surface area contributed by atoms with E-state index < -0.39 is 18.1 Å².